The van der Waals surface area contributed by atoms with Crippen molar-refractivity contribution in [1.82, 2.24) is 9.47 Å². The van der Waals surface area contributed by atoms with Gasteiger partial charge in [-0.05, 0) is 42.3 Å². The van der Waals surface area contributed by atoms with Crippen LogP contribution in [0.2, 0.25) is 0 Å². The highest BCUT2D eigenvalue weighted by Crippen LogP contribution is 2.16. The van der Waals surface area contributed by atoms with E-state index in [0.717, 1.165) is 22.3 Å². The van der Waals surface area contributed by atoms with Crippen LogP contribution in [0.5, 0.6) is 0 Å². The molecule has 0 atom stereocenters. The van der Waals surface area contributed by atoms with Gasteiger partial charge in [-0.1, -0.05) is 58.4 Å². The zero-order valence-electron chi connectivity index (χ0n) is 17.7. The number of nitrogens with zero attached hydrogens (tertiary/aromatic N) is 2. The molecule has 0 aliphatic heterocycles. The van der Waals surface area contributed by atoms with Crippen molar-refractivity contribution in [3.05, 3.63) is 94.2 Å². The van der Waals surface area contributed by atoms with Gasteiger partial charge in [-0.3, -0.25) is 9.59 Å². The van der Waals surface area contributed by atoms with E-state index in [1.807, 2.05) is 65.7 Å². The third-order valence-corrected chi connectivity index (χ3v) is 5.49. The maximum atomic E-state index is 13.0. The highest BCUT2D eigenvalue weighted by Gasteiger charge is 2.18. The first-order valence-corrected chi connectivity index (χ1v) is 11.2. The molecule has 0 saturated carbocycles. The second kappa shape index (κ2) is 11.5. The Kier molecular flexibility index (Phi) is 8.47. The number of benzene rings is 2. The Labute approximate surface area is 191 Å². The van der Waals surface area contributed by atoms with E-state index in [0.29, 0.717) is 19.7 Å². The van der Waals surface area contributed by atoms with Gasteiger partial charge in [0.05, 0.1) is 19.6 Å². The van der Waals surface area contributed by atoms with Gasteiger partial charge < -0.3 is 14.2 Å². The van der Waals surface area contributed by atoms with E-state index in [1.165, 1.54) is 5.56 Å². The van der Waals surface area contributed by atoms with Crippen LogP contribution < -0.4 is 0 Å². The summed E-state index contributed by atoms with van der Waals surface area (Å²) in [7, 11) is 0. The molecule has 0 N–H and O–H groups in total. The Morgan fingerprint density at radius 2 is 1.65 bits per heavy atom. The van der Waals surface area contributed by atoms with Gasteiger partial charge in [0, 0.05) is 35.9 Å². The molecule has 1 amide bonds. The number of esters is 1. The molecule has 0 bridgehead atoms. The fraction of sp³-hybridized carbons (Fsp3) is 0.280. The van der Waals surface area contributed by atoms with Crippen LogP contribution in [0.1, 0.15) is 36.6 Å². The Morgan fingerprint density at radius 1 is 0.903 bits per heavy atom. The Balaban J connectivity index is 1.73. The Bertz CT molecular complexity index is 984. The summed E-state index contributed by atoms with van der Waals surface area (Å²) in [5.41, 5.74) is 3.28. The molecule has 0 aliphatic carbocycles. The molecule has 0 unspecified atom stereocenters. The summed E-state index contributed by atoms with van der Waals surface area (Å²) in [4.78, 5) is 26.5. The number of rotatable bonds is 10. The molecule has 1 heterocycles. The van der Waals surface area contributed by atoms with Gasteiger partial charge in [0.25, 0.3) is 0 Å². The number of hydrogen-bond acceptors (Lipinski definition) is 3. The molecular formula is C25H27BrN2O3. The molecule has 0 saturated heterocycles. The summed E-state index contributed by atoms with van der Waals surface area (Å²) in [6, 6.07) is 22.2. The van der Waals surface area contributed by atoms with Crippen LogP contribution in [-0.2, 0) is 34.0 Å². The minimum atomic E-state index is -0.339. The summed E-state index contributed by atoms with van der Waals surface area (Å²) in [6.45, 7) is 3.78. The van der Waals surface area contributed by atoms with Crippen molar-refractivity contribution in [3.8, 4) is 0 Å². The van der Waals surface area contributed by atoms with Crippen molar-refractivity contribution in [1.29, 1.82) is 0 Å². The Hall–Kier alpha value is -2.86. The molecule has 2 aromatic carbocycles. The molecular weight excluding hydrogens is 456 g/mol. The lowest BCUT2D eigenvalue weighted by Gasteiger charge is -2.24. The van der Waals surface area contributed by atoms with E-state index in [-0.39, 0.29) is 24.7 Å². The van der Waals surface area contributed by atoms with Gasteiger partial charge in [-0.15, -0.1) is 0 Å². The number of aromatic nitrogens is 1. The van der Waals surface area contributed by atoms with E-state index < -0.39 is 0 Å². The summed E-state index contributed by atoms with van der Waals surface area (Å²) in [5, 5.41) is 0. The highest BCUT2D eigenvalue weighted by molar-refractivity contribution is 9.10. The molecule has 3 rings (SSSR count). The van der Waals surface area contributed by atoms with Crippen LogP contribution in [0.25, 0.3) is 0 Å². The predicted molar refractivity (Wildman–Crippen MR) is 124 cm³/mol. The van der Waals surface area contributed by atoms with E-state index in [4.69, 9.17) is 4.74 Å². The molecule has 5 nitrogen and oxygen atoms in total. The number of amides is 1. The average molecular weight is 483 g/mol. The first-order chi connectivity index (χ1) is 15.0. The quantitative estimate of drug-likeness (QED) is 0.374. The second-order valence-corrected chi connectivity index (χ2v) is 8.21. The molecule has 0 aliphatic rings. The van der Waals surface area contributed by atoms with Crippen LogP contribution in [0, 0.1) is 0 Å². The van der Waals surface area contributed by atoms with E-state index in [9.17, 15) is 9.59 Å². The van der Waals surface area contributed by atoms with Gasteiger partial charge in [0.2, 0.25) is 5.91 Å². The van der Waals surface area contributed by atoms with Gasteiger partial charge in [-0.2, -0.15) is 0 Å². The van der Waals surface area contributed by atoms with Crippen molar-refractivity contribution in [3.63, 3.8) is 0 Å². The molecule has 31 heavy (non-hydrogen) atoms. The van der Waals surface area contributed by atoms with Gasteiger partial charge in [-0.25, -0.2) is 0 Å². The fourth-order valence-electron chi connectivity index (χ4n) is 3.37. The van der Waals surface area contributed by atoms with Gasteiger partial charge >= 0.3 is 5.97 Å². The first-order valence-electron chi connectivity index (χ1n) is 10.4. The van der Waals surface area contributed by atoms with Crippen molar-refractivity contribution >= 4 is 27.8 Å². The average Bonchev–Trinajstić information content (AvgIpc) is 3.20. The molecule has 0 fully saturated rings. The summed E-state index contributed by atoms with van der Waals surface area (Å²) in [6.07, 6.45) is 2.26. The van der Waals surface area contributed by atoms with E-state index >= 15 is 0 Å². The summed E-state index contributed by atoms with van der Waals surface area (Å²) in [5.74, 6) is -0.401. The van der Waals surface area contributed by atoms with Crippen molar-refractivity contribution < 1.29 is 14.3 Å². The lowest BCUT2D eigenvalue weighted by molar-refractivity contribution is -0.146. The topological polar surface area (TPSA) is 51.5 Å². The number of carbonyl (C=O) groups is 2. The highest BCUT2D eigenvalue weighted by atomic mass is 79.9. The zero-order chi connectivity index (χ0) is 22.1. The van der Waals surface area contributed by atoms with Crippen LogP contribution >= 0.6 is 15.9 Å². The van der Waals surface area contributed by atoms with Crippen molar-refractivity contribution in [2.45, 2.75) is 39.4 Å². The molecule has 0 radical (unpaired) electrons. The molecule has 6 heteroatoms. The van der Waals surface area contributed by atoms with Gasteiger partial charge in [0.15, 0.2) is 0 Å². The first kappa shape index (κ1) is 22.8. The van der Waals surface area contributed by atoms with Crippen LogP contribution in [0.4, 0.5) is 0 Å². The van der Waals surface area contributed by atoms with E-state index in [2.05, 4.69) is 32.6 Å². The van der Waals surface area contributed by atoms with E-state index in [1.54, 1.807) is 6.92 Å². The van der Waals surface area contributed by atoms with Crippen LogP contribution in [0.3, 0.4) is 0 Å². The minimum absolute atomic E-state index is 0.0618. The van der Waals surface area contributed by atoms with Crippen molar-refractivity contribution in [2.75, 3.05) is 6.61 Å². The number of ether oxygens (including phenoxy) is 1. The fourth-order valence-corrected chi connectivity index (χ4v) is 3.63. The molecule has 162 valence electrons. The lowest BCUT2D eigenvalue weighted by atomic mass is 10.2. The zero-order valence-corrected chi connectivity index (χ0v) is 19.3. The number of hydrogen-bond donors (Lipinski definition) is 0. The molecule has 1 aromatic heterocycles. The normalized spacial score (nSPS) is 10.6. The lowest BCUT2D eigenvalue weighted by Crippen LogP contribution is -2.31. The number of halogens is 1. The number of carbonyl (C=O) groups excluding carboxylic acids is 2. The largest absolute Gasteiger partial charge is 0.466 e. The van der Waals surface area contributed by atoms with Crippen LogP contribution in [0.15, 0.2) is 77.4 Å². The smallest absolute Gasteiger partial charge is 0.306 e. The monoisotopic (exact) mass is 482 g/mol. The Morgan fingerprint density at radius 3 is 2.35 bits per heavy atom. The SMILES string of the molecule is CCOC(=O)CCC(=O)N(Cc1ccccc1)Cc1cccn1Cc1ccc(Br)cc1. The molecule has 0 spiro atoms. The molecule has 3 aromatic rings. The van der Waals surface area contributed by atoms with Gasteiger partial charge in [0.1, 0.15) is 0 Å². The standard InChI is InChI=1S/C25H27BrN2O3/c1-2-31-25(30)15-14-24(29)28(18-20-7-4-3-5-8-20)19-23-9-6-16-27(23)17-21-10-12-22(26)13-11-21/h3-13,16H,2,14-15,17-19H2,1H3. The predicted octanol–water partition coefficient (Wildman–Crippen LogP) is 5.17. The third-order valence-electron chi connectivity index (χ3n) is 4.96. The maximum absolute atomic E-state index is 13.0. The van der Waals surface area contributed by atoms with Crippen molar-refractivity contribution in [2.24, 2.45) is 0 Å². The summed E-state index contributed by atoms with van der Waals surface area (Å²) < 4.78 is 8.17. The minimum Gasteiger partial charge on any atom is -0.466 e. The second-order valence-electron chi connectivity index (χ2n) is 7.29. The maximum Gasteiger partial charge on any atom is 0.306 e. The third kappa shape index (κ3) is 7.10. The van der Waals surface area contributed by atoms with Crippen LogP contribution in [-0.4, -0.2) is 28.0 Å². The summed E-state index contributed by atoms with van der Waals surface area (Å²) >= 11 is 3.47.